The summed E-state index contributed by atoms with van der Waals surface area (Å²) in [5.74, 6) is -0.865. The van der Waals surface area contributed by atoms with Gasteiger partial charge in [-0.05, 0) is 0 Å². The Labute approximate surface area is 83.4 Å². The molecule has 0 amide bonds. The Hall–Kier alpha value is -1.05. The van der Waals surface area contributed by atoms with Crippen molar-refractivity contribution in [1.82, 2.24) is 0 Å². The van der Waals surface area contributed by atoms with Crippen molar-refractivity contribution in [1.29, 1.82) is 0 Å². The molecule has 0 unspecified atom stereocenters. The van der Waals surface area contributed by atoms with Crippen LogP contribution in [0.4, 0.5) is 0 Å². The van der Waals surface area contributed by atoms with Gasteiger partial charge in [0.15, 0.2) is 0 Å². The molecule has 2 nitrogen and oxygen atoms in total. The Morgan fingerprint density at radius 2 is 2.00 bits per heavy atom. The second-order valence-electron chi connectivity index (χ2n) is 2.51. The van der Waals surface area contributed by atoms with Crippen molar-refractivity contribution in [3.8, 4) is 0 Å². The number of carboxylic acid groups (broad SMARTS) is 1. The summed E-state index contributed by atoms with van der Waals surface area (Å²) in [7, 11) is 0. The van der Waals surface area contributed by atoms with Crippen LogP contribution in [-0.4, -0.2) is 26.0 Å². The molecule has 0 aliphatic heterocycles. The summed E-state index contributed by atoms with van der Waals surface area (Å²) < 4.78 is 2.12. The van der Waals surface area contributed by atoms with Crippen LogP contribution < -0.4 is 4.46 Å². The van der Waals surface area contributed by atoms with E-state index in [0.717, 1.165) is 4.47 Å². The van der Waals surface area contributed by atoms with Crippen molar-refractivity contribution in [3.05, 3.63) is 40.9 Å². The number of benzene rings is 1. The molecule has 0 radical (unpaired) electrons. The van der Waals surface area contributed by atoms with Crippen LogP contribution >= 0.6 is 0 Å². The Bertz CT molecular complexity index is 317. The van der Waals surface area contributed by atoms with Crippen molar-refractivity contribution in [2.75, 3.05) is 0 Å². The van der Waals surface area contributed by atoms with Gasteiger partial charge < -0.3 is 0 Å². The van der Waals surface area contributed by atoms with E-state index in [0.29, 0.717) is 0 Å². The predicted molar refractivity (Wildman–Crippen MR) is 53.2 cm³/mol. The minimum absolute atomic E-state index is 0.139. The quantitative estimate of drug-likeness (QED) is 0.633. The van der Waals surface area contributed by atoms with E-state index in [1.54, 1.807) is 0 Å². The molecule has 0 heterocycles. The molecule has 68 valence electrons. The second kappa shape index (κ2) is 4.85. The van der Waals surface area contributed by atoms with Crippen molar-refractivity contribution >= 4 is 25.4 Å². The van der Waals surface area contributed by atoms with Gasteiger partial charge in [-0.1, -0.05) is 0 Å². The number of carboxylic acids is 1. The van der Waals surface area contributed by atoms with E-state index < -0.39 is 5.97 Å². The van der Waals surface area contributed by atoms with Crippen molar-refractivity contribution < 1.29 is 9.90 Å². The molecule has 1 N–H and O–H groups in total. The summed E-state index contributed by atoms with van der Waals surface area (Å²) in [5, 5.41) is 8.50. The van der Waals surface area contributed by atoms with E-state index >= 15 is 0 Å². The molecule has 0 saturated heterocycles. The fourth-order valence-electron chi connectivity index (χ4n) is 0.878. The number of allylic oxidation sites excluding steroid dienone is 1. The third-order valence-corrected chi connectivity index (χ3v) is 3.34. The first-order chi connectivity index (χ1) is 6.18. The van der Waals surface area contributed by atoms with E-state index in [4.69, 9.17) is 5.11 Å². The average molecular weight is 241 g/mol. The van der Waals surface area contributed by atoms with Gasteiger partial charge in [0.2, 0.25) is 0 Å². The van der Waals surface area contributed by atoms with Gasteiger partial charge in [0.05, 0.1) is 0 Å². The van der Waals surface area contributed by atoms with Gasteiger partial charge >= 0.3 is 83.1 Å². The third-order valence-electron chi connectivity index (χ3n) is 1.35. The van der Waals surface area contributed by atoms with E-state index in [1.165, 1.54) is 10.5 Å². The first-order valence-corrected chi connectivity index (χ1v) is 5.54. The summed E-state index contributed by atoms with van der Waals surface area (Å²) in [6.07, 6.45) is 1.27. The van der Waals surface area contributed by atoms with Crippen LogP contribution in [0.15, 0.2) is 40.9 Å². The summed E-state index contributed by atoms with van der Waals surface area (Å²) in [4.78, 5) is 10.3. The molecule has 0 saturated carbocycles. The second-order valence-corrected chi connectivity index (χ2v) is 5.28. The first kappa shape index (κ1) is 10.0. The molecule has 1 rings (SSSR count). The standard InChI is InChI=1S/C10H10O2Se/c1-8(7-10(11)12)13-9-5-3-2-4-6-9/h2-7H,1H3,(H,11,12)/b8-7-. The summed E-state index contributed by atoms with van der Waals surface area (Å²) in [5.41, 5.74) is 0. The number of carbonyl (C=O) groups is 1. The molecule has 3 heteroatoms. The van der Waals surface area contributed by atoms with Gasteiger partial charge in [-0.3, -0.25) is 0 Å². The van der Waals surface area contributed by atoms with Crippen molar-refractivity contribution in [2.24, 2.45) is 0 Å². The van der Waals surface area contributed by atoms with E-state index in [9.17, 15) is 4.79 Å². The molecule has 0 bridgehead atoms. The van der Waals surface area contributed by atoms with Crippen LogP contribution in [0.3, 0.4) is 0 Å². The van der Waals surface area contributed by atoms with Crippen LogP contribution in [0.1, 0.15) is 6.92 Å². The average Bonchev–Trinajstić information content (AvgIpc) is 2.04. The van der Waals surface area contributed by atoms with Crippen LogP contribution in [0.5, 0.6) is 0 Å². The molecule has 0 aliphatic rings. The van der Waals surface area contributed by atoms with Gasteiger partial charge in [-0.15, -0.1) is 0 Å². The number of hydrogen-bond acceptors (Lipinski definition) is 1. The first-order valence-electron chi connectivity index (χ1n) is 3.82. The molecule has 0 fully saturated rings. The molecule has 0 aliphatic carbocycles. The molecule has 1 aromatic carbocycles. The molecular weight excluding hydrogens is 231 g/mol. The molecule has 1 aromatic rings. The monoisotopic (exact) mass is 242 g/mol. The van der Waals surface area contributed by atoms with Crippen LogP contribution in [-0.2, 0) is 4.79 Å². The predicted octanol–water partition coefficient (Wildman–Crippen LogP) is 1.00. The molecule has 13 heavy (non-hydrogen) atoms. The maximum atomic E-state index is 10.3. The zero-order chi connectivity index (χ0) is 9.68. The minimum atomic E-state index is -0.865. The maximum absolute atomic E-state index is 10.3. The number of aliphatic carboxylic acids is 1. The van der Waals surface area contributed by atoms with Gasteiger partial charge in [0.1, 0.15) is 0 Å². The third kappa shape index (κ3) is 3.92. The van der Waals surface area contributed by atoms with E-state index in [-0.39, 0.29) is 15.0 Å². The number of rotatable bonds is 3. The van der Waals surface area contributed by atoms with E-state index in [1.807, 2.05) is 37.3 Å². The molecular formula is C10H10O2Se. The molecule has 0 aromatic heterocycles. The Kier molecular flexibility index (Phi) is 3.74. The van der Waals surface area contributed by atoms with Crippen molar-refractivity contribution in [2.45, 2.75) is 6.92 Å². The normalized spacial score (nSPS) is 11.3. The number of hydrogen-bond donors (Lipinski definition) is 1. The zero-order valence-electron chi connectivity index (χ0n) is 7.23. The Morgan fingerprint density at radius 3 is 2.54 bits per heavy atom. The van der Waals surface area contributed by atoms with Crippen LogP contribution in [0.2, 0.25) is 0 Å². The van der Waals surface area contributed by atoms with Gasteiger partial charge in [0, 0.05) is 0 Å². The fourth-order valence-corrected chi connectivity index (χ4v) is 2.61. The fraction of sp³-hybridized carbons (Fsp3) is 0.100. The van der Waals surface area contributed by atoms with Crippen LogP contribution in [0, 0.1) is 0 Å². The zero-order valence-corrected chi connectivity index (χ0v) is 8.94. The van der Waals surface area contributed by atoms with Gasteiger partial charge in [0.25, 0.3) is 0 Å². The Balaban J connectivity index is 2.65. The Morgan fingerprint density at radius 1 is 1.38 bits per heavy atom. The SMILES string of the molecule is C/C(=C/C(=O)O)[Se]c1ccccc1. The summed E-state index contributed by atoms with van der Waals surface area (Å²) in [6.45, 7) is 1.85. The summed E-state index contributed by atoms with van der Waals surface area (Å²) >= 11 is 0.139. The van der Waals surface area contributed by atoms with Gasteiger partial charge in [-0.2, -0.15) is 0 Å². The van der Waals surface area contributed by atoms with E-state index in [2.05, 4.69) is 0 Å². The summed E-state index contributed by atoms with van der Waals surface area (Å²) in [6, 6.07) is 9.91. The molecule has 0 spiro atoms. The van der Waals surface area contributed by atoms with Gasteiger partial charge in [-0.25, -0.2) is 0 Å². The van der Waals surface area contributed by atoms with Crippen molar-refractivity contribution in [3.63, 3.8) is 0 Å². The topological polar surface area (TPSA) is 37.3 Å². The van der Waals surface area contributed by atoms with Crippen LogP contribution in [0.25, 0.3) is 0 Å². The molecule has 0 atom stereocenters.